The van der Waals surface area contributed by atoms with E-state index in [0.29, 0.717) is 17.7 Å². The van der Waals surface area contributed by atoms with Crippen LogP contribution in [0.25, 0.3) is 11.1 Å². The van der Waals surface area contributed by atoms with Crippen LogP contribution in [0.5, 0.6) is 5.75 Å². The van der Waals surface area contributed by atoms with E-state index in [1.54, 1.807) is 12.1 Å². The number of nitrogens with two attached hydrogens (primary N) is 1. The van der Waals surface area contributed by atoms with Gasteiger partial charge in [-0.3, -0.25) is 10.2 Å². The summed E-state index contributed by atoms with van der Waals surface area (Å²) < 4.78 is 38.8. The molecule has 0 aromatic heterocycles. The van der Waals surface area contributed by atoms with Gasteiger partial charge in [-0.05, 0) is 35.6 Å². The average Bonchev–Trinajstić information content (AvgIpc) is 3.21. The molecule has 0 amide bonds. The normalized spacial score (nSPS) is 18.9. The molecule has 33 heavy (non-hydrogen) atoms. The van der Waals surface area contributed by atoms with Crippen LogP contribution in [0.4, 0.5) is 0 Å². The maximum absolute atomic E-state index is 12.8. The molecule has 0 saturated carbocycles. The molecule has 1 aliphatic heterocycles. The number of nitrogens with one attached hydrogen (secondary N) is 1. The van der Waals surface area contributed by atoms with E-state index in [9.17, 15) is 13.2 Å². The van der Waals surface area contributed by atoms with Gasteiger partial charge in [0.15, 0.2) is 0 Å². The second-order valence-electron chi connectivity index (χ2n) is 8.22. The first kappa shape index (κ1) is 24.7. The van der Waals surface area contributed by atoms with Gasteiger partial charge in [-0.2, -0.15) is 17.0 Å². The van der Waals surface area contributed by atoms with E-state index in [2.05, 4.69) is 0 Å². The lowest BCUT2D eigenvalue weighted by atomic mass is 10.0. The third kappa shape index (κ3) is 5.89. The Labute approximate surface area is 194 Å². The summed E-state index contributed by atoms with van der Waals surface area (Å²) in [6.07, 6.45) is 0.687. The van der Waals surface area contributed by atoms with Crippen molar-refractivity contribution in [1.82, 2.24) is 8.61 Å². The molecular weight excluding hydrogens is 444 g/mol. The van der Waals surface area contributed by atoms with Crippen molar-refractivity contribution < 1.29 is 22.7 Å². The Morgan fingerprint density at radius 2 is 1.70 bits per heavy atom. The zero-order valence-corrected chi connectivity index (χ0v) is 19.8. The van der Waals surface area contributed by atoms with Gasteiger partial charge in [-0.15, -0.1) is 0 Å². The third-order valence-corrected chi connectivity index (χ3v) is 7.68. The summed E-state index contributed by atoms with van der Waals surface area (Å²) in [5.74, 6) is 0.172. The van der Waals surface area contributed by atoms with Gasteiger partial charge in [-0.1, -0.05) is 36.4 Å². The summed E-state index contributed by atoms with van der Waals surface area (Å²) in [7, 11) is 0.657. The number of hydrogen-bond donors (Lipinski definition) is 2. The summed E-state index contributed by atoms with van der Waals surface area (Å²) in [5, 5.41) is 7.48. The van der Waals surface area contributed by atoms with Crippen molar-refractivity contribution >= 4 is 22.0 Å². The number of methoxy groups -OCH3 is 1. The largest absolute Gasteiger partial charge is 0.492 e. The van der Waals surface area contributed by atoms with Crippen molar-refractivity contribution in [2.24, 2.45) is 11.7 Å². The molecule has 2 atom stereocenters. The molecule has 2 aromatic carbocycles. The fraction of sp³-hybridized carbons (Fsp3) is 0.391. The lowest BCUT2D eigenvalue weighted by Gasteiger charge is -2.26. The van der Waals surface area contributed by atoms with Crippen LogP contribution in [-0.4, -0.2) is 69.2 Å². The fourth-order valence-electron chi connectivity index (χ4n) is 3.87. The molecule has 0 spiro atoms. The highest BCUT2D eigenvalue weighted by Gasteiger charge is 2.41. The van der Waals surface area contributed by atoms with Gasteiger partial charge >= 0.3 is 5.97 Å². The predicted molar refractivity (Wildman–Crippen MR) is 126 cm³/mol. The van der Waals surface area contributed by atoms with E-state index in [0.717, 1.165) is 11.1 Å². The number of carbonyl (C=O) groups is 1. The van der Waals surface area contributed by atoms with E-state index in [1.807, 2.05) is 36.4 Å². The van der Waals surface area contributed by atoms with Gasteiger partial charge < -0.3 is 15.2 Å². The minimum Gasteiger partial charge on any atom is -0.492 e. The fourth-order valence-corrected chi connectivity index (χ4v) is 5.21. The van der Waals surface area contributed by atoms with Crippen LogP contribution in [0.1, 0.15) is 18.4 Å². The predicted octanol–water partition coefficient (Wildman–Crippen LogP) is 2.08. The first-order valence-electron chi connectivity index (χ1n) is 10.6. The van der Waals surface area contributed by atoms with Crippen LogP contribution >= 0.6 is 0 Å². The third-order valence-electron chi connectivity index (χ3n) is 5.72. The molecule has 1 aliphatic rings. The molecule has 9 nitrogen and oxygen atoms in total. The quantitative estimate of drug-likeness (QED) is 0.326. The number of amidine groups is 1. The maximum atomic E-state index is 12.8. The van der Waals surface area contributed by atoms with Crippen LogP contribution in [0.2, 0.25) is 0 Å². The Hall–Kier alpha value is -2.95. The summed E-state index contributed by atoms with van der Waals surface area (Å²) in [5.41, 5.74) is 8.13. The molecule has 178 valence electrons. The summed E-state index contributed by atoms with van der Waals surface area (Å²) >= 11 is 0. The Kier molecular flexibility index (Phi) is 7.72. The van der Waals surface area contributed by atoms with E-state index in [4.69, 9.17) is 20.6 Å². The molecule has 3 N–H and O–H groups in total. The number of hydrogen-bond acceptors (Lipinski definition) is 6. The lowest BCUT2D eigenvalue weighted by molar-refractivity contribution is -0.141. The molecule has 0 bridgehead atoms. The highest BCUT2D eigenvalue weighted by molar-refractivity contribution is 7.86. The van der Waals surface area contributed by atoms with Crippen molar-refractivity contribution in [3.05, 3.63) is 54.1 Å². The van der Waals surface area contributed by atoms with Gasteiger partial charge in [0, 0.05) is 32.6 Å². The van der Waals surface area contributed by atoms with Crippen molar-refractivity contribution in [3.8, 4) is 16.9 Å². The number of nitrogens with zero attached hydrogens (tertiary/aromatic N) is 2. The lowest BCUT2D eigenvalue weighted by Crippen LogP contribution is -2.45. The standard InChI is InChI=1S/C23H30N4O5S/c1-26(2)33(29,30)27-14-16(13-22(28)31-3)12-20(27)15-32-21-10-8-18(9-11-21)17-4-6-19(7-5-17)23(24)25/h4-11,16,20H,12-15H2,1-3H3,(H3,24,25)/t16-,20-/m0/s1. The van der Waals surface area contributed by atoms with Crippen molar-refractivity contribution in [2.45, 2.75) is 18.9 Å². The summed E-state index contributed by atoms with van der Waals surface area (Å²) in [6.45, 7) is 0.427. The number of esters is 1. The molecule has 1 saturated heterocycles. The molecule has 0 aliphatic carbocycles. The van der Waals surface area contributed by atoms with Crippen molar-refractivity contribution in [1.29, 1.82) is 5.41 Å². The Morgan fingerprint density at radius 1 is 1.12 bits per heavy atom. The van der Waals surface area contributed by atoms with Gasteiger partial charge in [0.2, 0.25) is 0 Å². The number of rotatable bonds is 9. The van der Waals surface area contributed by atoms with Crippen molar-refractivity contribution in [3.63, 3.8) is 0 Å². The Morgan fingerprint density at radius 3 is 2.21 bits per heavy atom. The zero-order valence-electron chi connectivity index (χ0n) is 19.0. The molecule has 0 radical (unpaired) electrons. The molecule has 0 unspecified atom stereocenters. The van der Waals surface area contributed by atoms with Gasteiger partial charge in [0.1, 0.15) is 18.2 Å². The highest BCUT2D eigenvalue weighted by Crippen LogP contribution is 2.30. The van der Waals surface area contributed by atoms with E-state index in [1.165, 1.54) is 29.8 Å². The first-order chi connectivity index (χ1) is 15.6. The minimum atomic E-state index is -3.65. The molecule has 1 heterocycles. The number of benzene rings is 2. The van der Waals surface area contributed by atoms with Crippen LogP contribution < -0.4 is 10.5 Å². The average molecular weight is 475 g/mol. The van der Waals surface area contributed by atoms with E-state index < -0.39 is 10.2 Å². The second-order valence-corrected chi connectivity index (χ2v) is 10.3. The molecule has 3 rings (SSSR count). The smallest absolute Gasteiger partial charge is 0.305 e. The van der Waals surface area contributed by atoms with Gasteiger partial charge in [0.25, 0.3) is 10.2 Å². The van der Waals surface area contributed by atoms with Crippen LogP contribution in [0.3, 0.4) is 0 Å². The van der Waals surface area contributed by atoms with Gasteiger partial charge in [0.05, 0.1) is 13.2 Å². The van der Waals surface area contributed by atoms with E-state index >= 15 is 0 Å². The molecule has 10 heteroatoms. The maximum Gasteiger partial charge on any atom is 0.305 e. The zero-order chi connectivity index (χ0) is 24.2. The molecular formula is C23H30N4O5S. The number of ether oxygens (including phenoxy) is 2. The van der Waals surface area contributed by atoms with Gasteiger partial charge in [-0.25, -0.2) is 0 Å². The Balaban J connectivity index is 1.68. The highest BCUT2D eigenvalue weighted by atomic mass is 32.2. The Bertz CT molecular complexity index is 1080. The monoisotopic (exact) mass is 474 g/mol. The van der Waals surface area contributed by atoms with Crippen LogP contribution in [0.15, 0.2) is 48.5 Å². The van der Waals surface area contributed by atoms with Crippen molar-refractivity contribution in [2.75, 3.05) is 34.4 Å². The molecule has 1 fully saturated rings. The summed E-state index contributed by atoms with van der Waals surface area (Å²) in [6, 6.07) is 14.5. The minimum absolute atomic E-state index is 0.0244. The van der Waals surface area contributed by atoms with Crippen LogP contribution in [-0.2, 0) is 19.7 Å². The second kappa shape index (κ2) is 10.3. The molecule has 2 aromatic rings. The van der Waals surface area contributed by atoms with E-state index in [-0.39, 0.29) is 43.3 Å². The number of carbonyl (C=O) groups excluding carboxylic acids is 1. The summed E-state index contributed by atoms with van der Waals surface area (Å²) in [4.78, 5) is 11.7. The SMILES string of the molecule is COC(=O)C[C@@H]1C[C@@H](COc2ccc(-c3ccc(C(=N)N)cc3)cc2)N(S(=O)(=O)N(C)C)C1. The van der Waals surface area contributed by atoms with Crippen LogP contribution in [0, 0.1) is 11.3 Å². The number of nitrogen functional groups attached to an aromatic ring is 1. The topological polar surface area (TPSA) is 126 Å². The first-order valence-corrected chi connectivity index (χ1v) is 11.9.